The number of hydrogen-bond donors (Lipinski definition) is 1. The minimum absolute atomic E-state index is 0.110. The molecule has 88 valence electrons. The summed E-state index contributed by atoms with van der Waals surface area (Å²) in [6, 6.07) is 10.1. The van der Waals surface area contributed by atoms with Gasteiger partial charge in [0.05, 0.1) is 5.60 Å². The van der Waals surface area contributed by atoms with E-state index >= 15 is 0 Å². The van der Waals surface area contributed by atoms with Gasteiger partial charge in [-0.3, -0.25) is 0 Å². The van der Waals surface area contributed by atoms with E-state index in [1.165, 1.54) is 0 Å². The van der Waals surface area contributed by atoms with Crippen LogP contribution in [0.25, 0.3) is 0 Å². The van der Waals surface area contributed by atoms with Crippen LogP contribution >= 0.6 is 0 Å². The van der Waals surface area contributed by atoms with E-state index in [2.05, 4.69) is 25.8 Å². The van der Waals surface area contributed by atoms with E-state index < -0.39 is 5.60 Å². The Morgan fingerprint density at radius 2 is 1.81 bits per heavy atom. The largest absolute Gasteiger partial charge is 0.385 e. The summed E-state index contributed by atoms with van der Waals surface area (Å²) in [5, 5.41) is 11.0. The molecular weight excluding hydrogens is 198 g/mol. The molecule has 0 spiro atoms. The van der Waals surface area contributed by atoms with Crippen molar-refractivity contribution in [1.82, 2.24) is 4.90 Å². The van der Waals surface area contributed by atoms with Gasteiger partial charge in [-0.2, -0.15) is 0 Å². The predicted molar refractivity (Wildman–Crippen MR) is 66.2 cm³/mol. The standard InChI is InChI=1S/C14H21NO/c1-13(2)11-15(3)10-9-14(13,16)12-7-5-4-6-8-12/h4-8,16H,9-11H2,1-3H3/t14-/m0/s1. The first-order valence-electron chi connectivity index (χ1n) is 5.92. The van der Waals surface area contributed by atoms with Crippen molar-refractivity contribution in [2.24, 2.45) is 5.41 Å². The predicted octanol–water partition coefficient (Wildman–Crippen LogP) is 2.24. The fourth-order valence-corrected chi connectivity index (χ4v) is 2.82. The number of piperidine rings is 1. The van der Waals surface area contributed by atoms with Crippen molar-refractivity contribution in [3.8, 4) is 0 Å². The second-order valence-corrected chi connectivity index (χ2v) is 5.60. The molecule has 0 aliphatic carbocycles. The molecule has 16 heavy (non-hydrogen) atoms. The third-order valence-electron chi connectivity index (χ3n) is 3.89. The van der Waals surface area contributed by atoms with Crippen LogP contribution in [0, 0.1) is 5.41 Å². The Morgan fingerprint density at radius 1 is 1.19 bits per heavy atom. The number of likely N-dealkylation sites (tertiary alicyclic amines) is 1. The molecule has 2 rings (SSSR count). The van der Waals surface area contributed by atoms with Crippen LogP contribution in [-0.2, 0) is 5.60 Å². The smallest absolute Gasteiger partial charge is 0.0971 e. The van der Waals surface area contributed by atoms with Gasteiger partial charge in [0.25, 0.3) is 0 Å². The number of hydrogen-bond acceptors (Lipinski definition) is 2. The molecule has 0 bridgehead atoms. The van der Waals surface area contributed by atoms with Crippen molar-refractivity contribution in [1.29, 1.82) is 0 Å². The summed E-state index contributed by atoms with van der Waals surface area (Å²) in [4.78, 5) is 2.29. The fraction of sp³-hybridized carbons (Fsp3) is 0.571. The van der Waals surface area contributed by atoms with E-state index in [4.69, 9.17) is 0 Å². The number of aliphatic hydroxyl groups is 1. The summed E-state index contributed by atoms with van der Waals surface area (Å²) in [5.74, 6) is 0. The summed E-state index contributed by atoms with van der Waals surface area (Å²) in [7, 11) is 2.12. The van der Waals surface area contributed by atoms with Crippen molar-refractivity contribution in [2.45, 2.75) is 25.9 Å². The monoisotopic (exact) mass is 219 g/mol. The third kappa shape index (κ3) is 1.76. The van der Waals surface area contributed by atoms with Crippen molar-refractivity contribution in [2.75, 3.05) is 20.1 Å². The van der Waals surface area contributed by atoms with Gasteiger partial charge in [0, 0.05) is 18.5 Å². The van der Waals surface area contributed by atoms with E-state index in [1.54, 1.807) is 0 Å². The Labute approximate surface area is 97.9 Å². The van der Waals surface area contributed by atoms with Crippen molar-refractivity contribution < 1.29 is 5.11 Å². The lowest BCUT2D eigenvalue weighted by molar-refractivity contribution is -0.121. The van der Waals surface area contributed by atoms with E-state index in [0.29, 0.717) is 0 Å². The molecule has 0 amide bonds. The molecule has 2 nitrogen and oxygen atoms in total. The molecule has 1 aliphatic rings. The van der Waals surface area contributed by atoms with Gasteiger partial charge in [0.15, 0.2) is 0 Å². The van der Waals surface area contributed by atoms with Crippen LogP contribution in [0.15, 0.2) is 30.3 Å². The molecular formula is C14H21NO. The van der Waals surface area contributed by atoms with Crippen LogP contribution in [0.5, 0.6) is 0 Å². The quantitative estimate of drug-likeness (QED) is 0.783. The van der Waals surface area contributed by atoms with Gasteiger partial charge in [-0.15, -0.1) is 0 Å². The minimum atomic E-state index is -0.694. The van der Waals surface area contributed by atoms with Crippen LogP contribution in [0.2, 0.25) is 0 Å². The molecule has 0 saturated carbocycles. The van der Waals surface area contributed by atoms with E-state index in [9.17, 15) is 5.11 Å². The molecule has 1 aromatic carbocycles. The Bertz CT molecular complexity index is 360. The van der Waals surface area contributed by atoms with Gasteiger partial charge in [0.1, 0.15) is 0 Å². The lowest BCUT2D eigenvalue weighted by Crippen LogP contribution is -2.54. The first-order chi connectivity index (χ1) is 7.46. The zero-order chi connectivity index (χ0) is 11.8. The average molecular weight is 219 g/mol. The highest BCUT2D eigenvalue weighted by atomic mass is 16.3. The van der Waals surface area contributed by atoms with Gasteiger partial charge in [-0.05, 0) is 19.0 Å². The maximum atomic E-state index is 11.0. The Balaban J connectivity index is 2.37. The average Bonchev–Trinajstić information content (AvgIpc) is 2.25. The number of rotatable bonds is 1. The van der Waals surface area contributed by atoms with Gasteiger partial charge in [0.2, 0.25) is 0 Å². The van der Waals surface area contributed by atoms with Gasteiger partial charge in [-0.1, -0.05) is 44.2 Å². The molecule has 1 N–H and O–H groups in total. The molecule has 1 saturated heterocycles. The highest BCUT2D eigenvalue weighted by Gasteiger charge is 2.47. The highest BCUT2D eigenvalue weighted by molar-refractivity contribution is 5.26. The van der Waals surface area contributed by atoms with Crippen LogP contribution in [0.3, 0.4) is 0 Å². The molecule has 2 heteroatoms. The first-order valence-corrected chi connectivity index (χ1v) is 5.92. The molecule has 0 aromatic heterocycles. The van der Waals surface area contributed by atoms with Crippen molar-refractivity contribution in [3.05, 3.63) is 35.9 Å². The van der Waals surface area contributed by atoms with Crippen LogP contribution in [0.4, 0.5) is 0 Å². The molecule has 0 radical (unpaired) electrons. The SMILES string of the molecule is CN1CC[C@](O)(c2ccccc2)C(C)(C)C1. The normalized spacial score (nSPS) is 30.2. The number of nitrogens with zero attached hydrogens (tertiary/aromatic N) is 1. The first kappa shape index (κ1) is 11.6. The second kappa shape index (κ2) is 3.86. The topological polar surface area (TPSA) is 23.5 Å². The molecule has 1 atom stereocenters. The summed E-state index contributed by atoms with van der Waals surface area (Å²) < 4.78 is 0. The Kier molecular flexibility index (Phi) is 2.81. The zero-order valence-electron chi connectivity index (χ0n) is 10.4. The highest BCUT2D eigenvalue weighted by Crippen LogP contribution is 2.45. The third-order valence-corrected chi connectivity index (χ3v) is 3.89. The van der Waals surface area contributed by atoms with E-state index in [1.807, 2.05) is 30.3 Å². The van der Waals surface area contributed by atoms with Crippen LogP contribution in [-0.4, -0.2) is 30.1 Å². The zero-order valence-corrected chi connectivity index (χ0v) is 10.4. The molecule has 0 unspecified atom stereocenters. The summed E-state index contributed by atoms with van der Waals surface area (Å²) in [6.07, 6.45) is 0.806. The molecule has 1 fully saturated rings. The summed E-state index contributed by atoms with van der Waals surface area (Å²) in [5.41, 5.74) is 0.246. The lowest BCUT2D eigenvalue weighted by Gasteiger charge is -2.49. The number of benzene rings is 1. The van der Waals surface area contributed by atoms with Crippen molar-refractivity contribution in [3.63, 3.8) is 0 Å². The van der Waals surface area contributed by atoms with E-state index in [0.717, 1.165) is 25.1 Å². The minimum Gasteiger partial charge on any atom is -0.385 e. The molecule has 1 aliphatic heterocycles. The Morgan fingerprint density at radius 3 is 2.38 bits per heavy atom. The van der Waals surface area contributed by atoms with Gasteiger partial charge < -0.3 is 10.0 Å². The summed E-state index contributed by atoms with van der Waals surface area (Å²) >= 11 is 0. The second-order valence-electron chi connectivity index (χ2n) is 5.60. The maximum absolute atomic E-state index is 11.0. The van der Waals surface area contributed by atoms with Gasteiger partial charge >= 0.3 is 0 Å². The van der Waals surface area contributed by atoms with E-state index in [-0.39, 0.29) is 5.41 Å². The maximum Gasteiger partial charge on any atom is 0.0971 e. The van der Waals surface area contributed by atoms with Gasteiger partial charge in [-0.25, -0.2) is 0 Å². The van der Waals surface area contributed by atoms with Crippen LogP contribution in [0.1, 0.15) is 25.8 Å². The lowest BCUT2D eigenvalue weighted by atomic mass is 9.66. The van der Waals surface area contributed by atoms with Crippen LogP contribution < -0.4 is 0 Å². The summed E-state index contributed by atoms with van der Waals surface area (Å²) in [6.45, 7) is 6.18. The molecule has 1 aromatic rings. The molecule has 1 heterocycles. The fourth-order valence-electron chi connectivity index (χ4n) is 2.82. The Hall–Kier alpha value is -0.860. The van der Waals surface area contributed by atoms with Crippen molar-refractivity contribution >= 4 is 0 Å².